The molecule has 0 radical (unpaired) electrons. The van der Waals surface area contributed by atoms with Gasteiger partial charge in [-0.3, -0.25) is 14.6 Å². The molecule has 0 spiro atoms. The Kier molecular flexibility index (Phi) is 3.92. The third kappa shape index (κ3) is 3.43. The quantitative estimate of drug-likeness (QED) is 0.854. The minimum Gasteiger partial charge on any atom is -0.444 e. The highest BCUT2D eigenvalue weighted by Gasteiger charge is 2.28. The van der Waals surface area contributed by atoms with Crippen LogP contribution in [0.5, 0.6) is 0 Å². The lowest BCUT2D eigenvalue weighted by atomic mass is 9.94. The first-order valence-electron chi connectivity index (χ1n) is 7.00. The zero-order chi connectivity index (χ0) is 14.9. The number of carbonyl (C=O) groups excluding carboxylic acids is 1. The summed E-state index contributed by atoms with van der Waals surface area (Å²) >= 11 is 0. The number of likely N-dealkylation sites (tertiary alicyclic amines) is 1. The summed E-state index contributed by atoms with van der Waals surface area (Å²) in [5.41, 5.74) is 0.481. The highest BCUT2D eigenvalue weighted by molar-refractivity contribution is 5.68. The lowest BCUT2D eigenvalue weighted by Gasteiger charge is -2.33. The Labute approximate surface area is 118 Å². The summed E-state index contributed by atoms with van der Waals surface area (Å²) in [5, 5.41) is 3.07. The van der Waals surface area contributed by atoms with Crippen molar-refractivity contribution >= 4 is 6.09 Å². The van der Waals surface area contributed by atoms with Gasteiger partial charge in [0.25, 0.3) is 5.56 Å². The second-order valence-corrected chi connectivity index (χ2v) is 6.35. The lowest BCUT2D eigenvalue weighted by molar-refractivity contribution is 0.0204. The summed E-state index contributed by atoms with van der Waals surface area (Å²) in [7, 11) is 1.71. The van der Waals surface area contributed by atoms with Gasteiger partial charge in [0.2, 0.25) is 0 Å². The number of rotatable bonds is 1. The van der Waals surface area contributed by atoms with Gasteiger partial charge in [-0.05, 0) is 33.6 Å². The molecule has 2 rings (SSSR count). The maximum absolute atomic E-state index is 12.0. The van der Waals surface area contributed by atoms with E-state index in [1.807, 2.05) is 20.8 Å². The number of hydrogen-bond donors (Lipinski definition) is 1. The molecule has 1 N–H and O–H groups in total. The van der Waals surface area contributed by atoms with E-state index in [4.69, 9.17) is 4.74 Å². The van der Waals surface area contributed by atoms with E-state index in [9.17, 15) is 9.59 Å². The van der Waals surface area contributed by atoms with Crippen molar-refractivity contribution in [2.75, 3.05) is 13.1 Å². The van der Waals surface area contributed by atoms with E-state index < -0.39 is 5.60 Å². The van der Waals surface area contributed by atoms with Crippen LogP contribution in [0.15, 0.2) is 10.9 Å². The van der Waals surface area contributed by atoms with Gasteiger partial charge in [-0.15, -0.1) is 0 Å². The van der Waals surface area contributed by atoms with Crippen molar-refractivity contribution in [3.05, 3.63) is 22.1 Å². The van der Waals surface area contributed by atoms with Crippen LogP contribution < -0.4 is 5.56 Å². The molecular formula is C14H23N3O3. The third-order valence-electron chi connectivity index (χ3n) is 3.49. The van der Waals surface area contributed by atoms with Crippen molar-refractivity contribution in [3.8, 4) is 0 Å². The molecule has 1 aliphatic heterocycles. The first kappa shape index (κ1) is 14.7. The van der Waals surface area contributed by atoms with E-state index in [2.05, 4.69) is 5.10 Å². The van der Waals surface area contributed by atoms with Gasteiger partial charge in [-0.1, -0.05) is 0 Å². The maximum Gasteiger partial charge on any atom is 0.410 e. The summed E-state index contributed by atoms with van der Waals surface area (Å²) in [6, 6.07) is 1.65. The average molecular weight is 281 g/mol. The molecule has 2 heterocycles. The highest BCUT2D eigenvalue weighted by atomic mass is 16.6. The standard InChI is InChI=1S/C14H23N3O3/c1-14(2,3)20-13(19)17-7-5-10(6-8-17)11-9-12(18)16(4)15-11/h9-10,15H,5-8H2,1-4H3. The molecule has 1 fully saturated rings. The summed E-state index contributed by atoms with van der Waals surface area (Å²) < 4.78 is 6.85. The summed E-state index contributed by atoms with van der Waals surface area (Å²) in [4.78, 5) is 25.2. The van der Waals surface area contributed by atoms with Gasteiger partial charge in [0.15, 0.2) is 0 Å². The normalized spacial score (nSPS) is 17.3. The number of piperidine rings is 1. The number of H-pyrrole nitrogens is 1. The molecule has 0 atom stereocenters. The Morgan fingerprint density at radius 3 is 2.40 bits per heavy atom. The van der Waals surface area contributed by atoms with Crippen molar-refractivity contribution in [2.45, 2.75) is 45.1 Å². The SMILES string of the molecule is Cn1[nH]c(C2CCN(C(=O)OC(C)(C)C)CC2)cc1=O. The first-order valence-corrected chi connectivity index (χ1v) is 7.00. The molecule has 20 heavy (non-hydrogen) atoms. The molecule has 1 aromatic rings. The molecule has 1 aromatic heterocycles. The number of aromatic amines is 1. The zero-order valence-electron chi connectivity index (χ0n) is 12.6. The third-order valence-corrected chi connectivity index (χ3v) is 3.49. The topological polar surface area (TPSA) is 67.3 Å². The Hall–Kier alpha value is -1.72. The van der Waals surface area contributed by atoms with E-state index in [1.54, 1.807) is 18.0 Å². The van der Waals surface area contributed by atoms with Crippen molar-refractivity contribution in [3.63, 3.8) is 0 Å². The molecule has 0 saturated carbocycles. The fraction of sp³-hybridized carbons (Fsp3) is 0.714. The molecule has 1 saturated heterocycles. The van der Waals surface area contributed by atoms with Crippen molar-refractivity contribution < 1.29 is 9.53 Å². The van der Waals surface area contributed by atoms with Gasteiger partial charge in [0, 0.05) is 37.8 Å². The Morgan fingerprint density at radius 1 is 1.35 bits per heavy atom. The van der Waals surface area contributed by atoms with Crippen LogP contribution in [0.1, 0.15) is 45.2 Å². The number of aromatic nitrogens is 2. The Morgan fingerprint density at radius 2 is 1.95 bits per heavy atom. The second-order valence-electron chi connectivity index (χ2n) is 6.35. The van der Waals surface area contributed by atoms with Crippen LogP contribution in [-0.4, -0.2) is 39.5 Å². The summed E-state index contributed by atoms with van der Waals surface area (Å²) in [6.45, 7) is 6.93. The molecule has 112 valence electrons. The molecule has 6 nitrogen and oxygen atoms in total. The predicted octanol–water partition coefficient (Wildman–Crippen LogP) is 1.83. The molecule has 0 aromatic carbocycles. The number of amides is 1. The summed E-state index contributed by atoms with van der Waals surface area (Å²) in [6.07, 6.45) is 1.44. The fourth-order valence-electron chi connectivity index (χ4n) is 2.42. The molecule has 1 aliphatic rings. The monoisotopic (exact) mass is 281 g/mol. The van der Waals surface area contributed by atoms with Gasteiger partial charge >= 0.3 is 6.09 Å². The van der Waals surface area contributed by atoms with Gasteiger partial charge in [-0.2, -0.15) is 0 Å². The molecule has 6 heteroatoms. The average Bonchev–Trinajstić information content (AvgIpc) is 2.68. The number of nitrogens with one attached hydrogen (secondary N) is 1. The van der Waals surface area contributed by atoms with Crippen LogP contribution in [0, 0.1) is 0 Å². The lowest BCUT2D eigenvalue weighted by Crippen LogP contribution is -2.41. The zero-order valence-corrected chi connectivity index (χ0v) is 12.6. The smallest absolute Gasteiger partial charge is 0.410 e. The number of hydrogen-bond acceptors (Lipinski definition) is 3. The van der Waals surface area contributed by atoms with Gasteiger partial charge in [0.1, 0.15) is 5.60 Å². The Bertz CT molecular complexity index is 531. The van der Waals surface area contributed by atoms with Crippen LogP contribution in [0.2, 0.25) is 0 Å². The summed E-state index contributed by atoms with van der Waals surface area (Å²) in [5.74, 6) is 0.308. The fourth-order valence-corrected chi connectivity index (χ4v) is 2.42. The van der Waals surface area contributed by atoms with Crippen LogP contribution >= 0.6 is 0 Å². The van der Waals surface area contributed by atoms with Gasteiger partial charge < -0.3 is 9.64 Å². The second kappa shape index (κ2) is 5.34. The number of aryl methyl sites for hydroxylation is 1. The van der Waals surface area contributed by atoms with E-state index in [0.29, 0.717) is 19.0 Å². The van der Waals surface area contributed by atoms with Crippen LogP contribution in [0.25, 0.3) is 0 Å². The van der Waals surface area contributed by atoms with Crippen molar-refractivity contribution in [1.29, 1.82) is 0 Å². The molecule has 0 aliphatic carbocycles. The van der Waals surface area contributed by atoms with Gasteiger partial charge in [0.05, 0.1) is 0 Å². The van der Waals surface area contributed by atoms with Crippen LogP contribution in [-0.2, 0) is 11.8 Å². The van der Waals surface area contributed by atoms with Crippen LogP contribution in [0.4, 0.5) is 4.79 Å². The van der Waals surface area contributed by atoms with E-state index >= 15 is 0 Å². The van der Waals surface area contributed by atoms with Crippen LogP contribution in [0.3, 0.4) is 0 Å². The Balaban J connectivity index is 1.92. The molecule has 1 amide bonds. The minimum absolute atomic E-state index is 0.0189. The van der Waals surface area contributed by atoms with Crippen molar-refractivity contribution in [2.24, 2.45) is 7.05 Å². The number of carbonyl (C=O) groups is 1. The number of nitrogens with zero attached hydrogens (tertiary/aromatic N) is 2. The highest BCUT2D eigenvalue weighted by Crippen LogP contribution is 2.26. The van der Waals surface area contributed by atoms with Crippen molar-refractivity contribution in [1.82, 2.24) is 14.7 Å². The molecule has 0 bridgehead atoms. The van der Waals surface area contributed by atoms with E-state index in [0.717, 1.165) is 18.5 Å². The maximum atomic E-state index is 12.0. The number of ether oxygens (including phenoxy) is 1. The molecular weight excluding hydrogens is 258 g/mol. The largest absolute Gasteiger partial charge is 0.444 e. The minimum atomic E-state index is -0.460. The van der Waals surface area contributed by atoms with E-state index in [-0.39, 0.29) is 11.7 Å². The van der Waals surface area contributed by atoms with Gasteiger partial charge in [-0.25, -0.2) is 4.79 Å². The van der Waals surface area contributed by atoms with E-state index in [1.165, 1.54) is 4.68 Å². The first-order chi connectivity index (χ1) is 9.26. The predicted molar refractivity (Wildman–Crippen MR) is 75.8 cm³/mol. The molecule has 0 unspecified atom stereocenters.